The quantitative estimate of drug-likeness (QED) is 0.396. The molecule has 2 aliphatic heterocycles. The lowest BCUT2D eigenvalue weighted by Gasteiger charge is -2.45. The first-order valence-electron chi connectivity index (χ1n) is 9.04. The SMILES string of the molecule is COC(=O)C(O)(C(=O)OC)C1(N2C(=O)c3ccccc3C2=O)NC(=O)c2ccccc21. The summed E-state index contributed by atoms with van der Waals surface area (Å²) in [5.41, 5.74) is -6.22. The summed E-state index contributed by atoms with van der Waals surface area (Å²) in [6.07, 6.45) is 0. The molecule has 2 aromatic rings. The summed E-state index contributed by atoms with van der Waals surface area (Å²) in [6, 6.07) is 11.4. The number of benzene rings is 2. The number of esters is 2. The van der Waals surface area contributed by atoms with Crippen LogP contribution >= 0.6 is 0 Å². The Balaban J connectivity index is 2.10. The number of hydrogen-bond acceptors (Lipinski definition) is 8. The Kier molecular flexibility index (Phi) is 4.40. The molecule has 2 aliphatic rings. The number of amides is 3. The molecule has 31 heavy (non-hydrogen) atoms. The summed E-state index contributed by atoms with van der Waals surface area (Å²) < 4.78 is 9.29. The number of aliphatic hydroxyl groups is 1. The van der Waals surface area contributed by atoms with E-state index in [4.69, 9.17) is 0 Å². The number of ether oxygens (including phenoxy) is 2. The van der Waals surface area contributed by atoms with E-state index >= 15 is 0 Å². The van der Waals surface area contributed by atoms with Crippen LogP contribution in [-0.2, 0) is 24.7 Å². The number of methoxy groups -OCH3 is 2. The van der Waals surface area contributed by atoms with Gasteiger partial charge in [0.05, 0.1) is 25.3 Å². The van der Waals surface area contributed by atoms with Gasteiger partial charge in [0.25, 0.3) is 17.7 Å². The minimum Gasteiger partial charge on any atom is -0.466 e. The lowest BCUT2D eigenvalue weighted by molar-refractivity contribution is -0.198. The summed E-state index contributed by atoms with van der Waals surface area (Å²) in [4.78, 5) is 65.6. The number of nitrogens with zero attached hydrogens (tertiary/aromatic N) is 1. The fraction of sp³-hybridized carbons (Fsp3) is 0.190. The molecular formula is C21H16N2O8. The van der Waals surface area contributed by atoms with E-state index in [1.807, 2.05) is 0 Å². The van der Waals surface area contributed by atoms with Crippen molar-refractivity contribution in [2.45, 2.75) is 11.3 Å². The molecule has 158 valence electrons. The van der Waals surface area contributed by atoms with Crippen LogP contribution in [0.5, 0.6) is 0 Å². The van der Waals surface area contributed by atoms with E-state index in [-0.39, 0.29) is 22.3 Å². The van der Waals surface area contributed by atoms with Gasteiger partial charge in [-0.25, -0.2) is 14.5 Å². The summed E-state index contributed by atoms with van der Waals surface area (Å²) in [5.74, 6) is -5.74. The van der Waals surface area contributed by atoms with E-state index in [1.54, 1.807) is 0 Å². The molecule has 10 heteroatoms. The highest BCUT2D eigenvalue weighted by molar-refractivity contribution is 6.24. The van der Waals surface area contributed by atoms with E-state index in [1.165, 1.54) is 48.5 Å². The lowest BCUT2D eigenvalue weighted by atomic mass is 9.80. The van der Waals surface area contributed by atoms with Crippen molar-refractivity contribution in [3.63, 3.8) is 0 Å². The van der Waals surface area contributed by atoms with Gasteiger partial charge in [-0.1, -0.05) is 30.3 Å². The van der Waals surface area contributed by atoms with Gasteiger partial charge < -0.3 is 19.9 Å². The van der Waals surface area contributed by atoms with Crippen molar-refractivity contribution in [2.24, 2.45) is 0 Å². The molecule has 2 aromatic carbocycles. The summed E-state index contributed by atoms with van der Waals surface area (Å²) in [5, 5.41) is 13.9. The van der Waals surface area contributed by atoms with Crippen LogP contribution < -0.4 is 5.32 Å². The van der Waals surface area contributed by atoms with Crippen LogP contribution in [0.25, 0.3) is 0 Å². The third-order valence-electron chi connectivity index (χ3n) is 5.47. The van der Waals surface area contributed by atoms with Gasteiger partial charge in [0.1, 0.15) is 0 Å². The van der Waals surface area contributed by atoms with Crippen molar-refractivity contribution in [3.05, 3.63) is 70.8 Å². The smallest absolute Gasteiger partial charge is 0.354 e. The highest BCUT2D eigenvalue weighted by Crippen LogP contribution is 2.47. The first-order valence-corrected chi connectivity index (χ1v) is 9.04. The van der Waals surface area contributed by atoms with E-state index in [0.717, 1.165) is 14.2 Å². The topological polar surface area (TPSA) is 139 Å². The molecule has 2 N–H and O–H groups in total. The van der Waals surface area contributed by atoms with Gasteiger partial charge >= 0.3 is 17.5 Å². The van der Waals surface area contributed by atoms with Crippen LogP contribution in [0.1, 0.15) is 36.6 Å². The first-order chi connectivity index (χ1) is 14.8. The van der Waals surface area contributed by atoms with Crippen molar-refractivity contribution in [1.29, 1.82) is 0 Å². The first kappa shape index (κ1) is 20.2. The van der Waals surface area contributed by atoms with Crippen LogP contribution in [0.4, 0.5) is 0 Å². The van der Waals surface area contributed by atoms with E-state index in [0.29, 0.717) is 4.90 Å². The maximum absolute atomic E-state index is 13.3. The Hall–Kier alpha value is -4.05. The van der Waals surface area contributed by atoms with Crippen molar-refractivity contribution in [2.75, 3.05) is 14.2 Å². The second-order valence-corrected chi connectivity index (χ2v) is 6.89. The van der Waals surface area contributed by atoms with Gasteiger partial charge in [-0.15, -0.1) is 0 Å². The number of fused-ring (bicyclic) bond motifs is 2. The van der Waals surface area contributed by atoms with Crippen molar-refractivity contribution in [3.8, 4) is 0 Å². The standard InChI is InChI=1S/C21H16N2O8/c1-30-18(27)20(29,19(28)31-2)21(14-10-6-5-9-13(14)15(24)22-21)23-16(25)11-7-3-4-8-12(11)17(23)26/h3-10,29H,1-2H3,(H,22,24). The number of rotatable bonds is 4. The second-order valence-electron chi connectivity index (χ2n) is 6.89. The molecule has 4 rings (SSSR count). The minimum atomic E-state index is -3.31. The third kappa shape index (κ3) is 2.33. The molecule has 0 spiro atoms. The average molecular weight is 424 g/mol. The predicted molar refractivity (Wildman–Crippen MR) is 102 cm³/mol. The molecule has 0 radical (unpaired) electrons. The van der Waals surface area contributed by atoms with Gasteiger partial charge in [-0.3, -0.25) is 14.4 Å². The zero-order chi connectivity index (χ0) is 22.6. The number of carbonyl (C=O) groups excluding carboxylic acids is 5. The summed E-state index contributed by atoms with van der Waals surface area (Å²) >= 11 is 0. The van der Waals surface area contributed by atoms with Crippen LogP contribution in [0.2, 0.25) is 0 Å². The maximum Gasteiger partial charge on any atom is 0.354 e. The average Bonchev–Trinajstić information content (AvgIpc) is 3.24. The van der Waals surface area contributed by atoms with Crippen molar-refractivity contribution in [1.82, 2.24) is 10.2 Å². The van der Waals surface area contributed by atoms with Gasteiger partial charge in [0.2, 0.25) is 5.66 Å². The predicted octanol–water partition coefficient (Wildman–Crippen LogP) is -0.0439. The minimum absolute atomic E-state index is 0.0254. The summed E-state index contributed by atoms with van der Waals surface area (Å²) in [6.45, 7) is 0. The highest BCUT2D eigenvalue weighted by atomic mass is 16.6. The molecule has 0 fully saturated rings. The lowest BCUT2D eigenvalue weighted by Crippen LogP contribution is -2.75. The van der Waals surface area contributed by atoms with Crippen LogP contribution in [0, 0.1) is 0 Å². The number of hydrogen-bond donors (Lipinski definition) is 2. The van der Waals surface area contributed by atoms with Crippen LogP contribution in [0.3, 0.4) is 0 Å². The van der Waals surface area contributed by atoms with Crippen LogP contribution in [0.15, 0.2) is 48.5 Å². The molecule has 10 nitrogen and oxygen atoms in total. The van der Waals surface area contributed by atoms with Crippen molar-refractivity contribution < 1.29 is 38.6 Å². The van der Waals surface area contributed by atoms with E-state index in [2.05, 4.69) is 14.8 Å². The number of carbonyl (C=O) groups is 5. The van der Waals surface area contributed by atoms with Gasteiger partial charge in [-0.2, -0.15) is 0 Å². The van der Waals surface area contributed by atoms with E-state index in [9.17, 15) is 29.1 Å². The number of imide groups is 1. The van der Waals surface area contributed by atoms with Gasteiger partial charge in [0.15, 0.2) is 0 Å². The summed E-state index contributed by atoms with van der Waals surface area (Å²) in [7, 11) is 1.80. The normalized spacial score (nSPS) is 19.6. The third-order valence-corrected chi connectivity index (χ3v) is 5.47. The second kappa shape index (κ2) is 6.74. The molecule has 0 saturated heterocycles. The molecule has 3 amide bonds. The molecule has 0 aliphatic carbocycles. The Morgan fingerprint density at radius 3 is 1.81 bits per heavy atom. The van der Waals surface area contributed by atoms with Gasteiger partial charge in [0, 0.05) is 11.1 Å². The van der Waals surface area contributed by atoms with Crippen LogP contribution in [-0.4, -0.2) is 59.5 Å². The number of nitrogens with one attached hydrogen (secondary N) is 1. The largest absolute Gasteiger partial charge is 0.466 e. The molecule has 0 bridgehead atoms. The fourth-order valence-electron chi connectivity index (χ4n) is 4.09. The van der Waals surface area contributed by atoms with E-state index < -0.39 is 40.9 Å². The monoisotopic (exact) mass is 424 g/mol. The molecule has 1 unspecified atom stereocenters. The Labute approximate surface area is 175 Å². The maximum atomic E-state index is 13.3. The molecule has 2 heterocycles. The molecular weight excluding hydrogens is 408 g/mol. The fourth-order valence-corrected chi connectivity index (χ4v) is 4.09. The zero-order valence-electron chi connectivity index (χ0n) is 16.4. The Morgan fingerprint density at radius 1 is 0.871 bits per heavy atom. The molecule has 1 atom stereocenters. The molecule has 0 saturated carbocycles. The van der Waals surface area contributed by atoms with Crippen molar-refractivity contribution >= 4 is 29.7 Å². The highest BCUT2D eigenvalue weighted by Gasteiger charge is 2.73. The Bertz CT molecular complexity index is 1120. The molecule has 0 aromatic heterocycles. The Morgan fingerprint density at radius 2 is 1.32 bits per heavy atom. The zero-order valence-corrected chi connectivity index (χ0v) is 16.4. The van der Waals surface area contributed by atoms with Gasteiger partial charge in [-0.05, 0) is 18.2 Å².